The largest absolute Gasteiger partial charge is 0.451 e. The van der Waals surface area contributed by atoms with E-state index in [1.807, 2.05) is 32.0 Å². The Morgan fingerprint density at radius 2 is 1.90 bits per heavy atom. The fourth-order valence-electron chi connectivity index (χ4n) is 2.83. The zero-order valence-electron chi connectivity index (χ0n) is 17.8. The van der Waals surface area contributed by atoms with E-state index in [1.54, 1.807) is 6.07 Å². The van der Waals surface area contributed by atoms with E-state index in [-0.39, 0.29) is 0 Å². The van der Waals surface area contributed by atoms with Crippen molar-refractivity contribution in [3.05, 3.63) is 29.8 Å². The molecule has 1 aromatic rings. The third-order valence-corrected chi connectivity index (χ3v) is 4.39. The van der Waals surface area contributed by atoms with Crippen molar-refractivity contribution in [1.29, 1.82) is 0 Å². The Bertz CT molecular complexity index is 785. The van der Waals surface area contributed by atoms with Crippen LogP contribution in [-0.4, -0.2) is 44.1 Å². The maximum Gasteiger partial charge on any atom is 0.438 e. The van der Waals surface area contributed by atoms with E-state index in [2.05, 4.69) is 22.3 Å². The molecule has 158 valence electrons. The summed E-state index contributed by atoms with van der Waals surface area (Å²) in [6.07, 6.45) is 3.28. The van der Waals surface area contributed by atoms with Gasteiger partial charge in [0.05, 0.1) is 31.3 Å². The maximum atomic E-state index is 12.0. The molecule has 1 aliphatic rings. The molecular weight excluding hydrogens is 372 g/mol. The van der Waals surface area contributed by atoms with Crippen molar-refractivity contribution in [2.45, 2.75) is 46.5 Å². The Morgan fingerprint density at radius 3 is 2.48 bits per heavy atom. The molecule has 1 aromatic carbocycles. The summed E-state index contributed by atoms with van der Waals surface area (Å²) < 4.78 is 4.79. The van der Waals surface area contributed by atoms with Crippen molar-refractivity contribution < 1.29 is 19.2 Å². The average Bonchev–Trinajstić information content (AvgIpc) is 3.57. The fraction of sp³-hybridized carbons (Fsp3) is 0.524. The molecular formula is C21H30N4O4. The molecule has 0 aromatic heterocycles. The number of hydroxylamine groups is 1. The van der Waals surface area contributed by atoms with E-state index < -0.39 is 6.09 Å². The molecule has 0 N–H and O–H groups in total. The highest BCUT2D eigenvalue weighted by atomic mass is 16.7. The minimum Gasteiger partial charge on any atom is -0.451 e. The number of carbonyl (C=O) groups is 1. The van der Waals surface area contributed by atoms with Gasteiger partial charge in [0.1, 0.15) is 12.3 Å². The lowest BCUT2D eigenvalue weighted by atomic mass is 10.1. The van der Waals surface area contributed by atoms with Gasteiger partial charge in [-0.05, 0) is 39.2 Å². The van der Waals surface area contributed by atoms with Gasteiger partial charge in [0.25, 0.3) is 0 Å². The molecule has 0 saturated heterocycles. The Kier molecular flexibility index (Phi) is 8.79. The van der Waals surface area contributed by atoms with Crippen molar-refractivity contribution in [2.24, 2.45) is 21.3 Å². The molecule has 0 bridgehead atoms. The second kappa shape index (κ2) is 11.3. The Labute approximate surface area is 172 Å². The summed E-state index contributed by atoms with van der Waals surface area (Å²) in [5.74, 6) is 0.373. The van der Waals surface area contributed by atoms with Gasteiger partial charge in [-0.1, -0.05) is 36.7 Å². The van der Waals surface area contributed by atoms with Crippen LogP contribution in [0.3, 0.4) is 0 Å². The second-order valence-electron chi connectivity index (χ2n) is 6.61. The van der Waals surface area contributed by atoms with E-state index in [0.717, 1.165) is 47.7 Å². The summed E-state index contributed by atoms with van der Waals surface area (Å²) in [7, 11) is 2.71. The second-order valence-corrected chi connectivity index (χ2v) is 6.61. The number of para-hydroxylation sites is 1. The summed E-state index contributed by atoms with van der Waals surface area (Å²) in [6, 6.07) is 7.30. The van der Waals surface area contributed by atoms with Gasteiger partial charge in [0.15, 0.2) is 0 Å². The Hall–Kier alpha value is -2.74. The lowest BCUT2D eigenvalue weighted by Gasteiger charge is -2.20. The number of oxime groups is 1. The van der Waals surface area contributed by atoms with Crippen LogP contribution >= 0.6 is 0 Å². The first-order valence-corrected chi connectivity index (χ1v) is 9.90. The topological polar surface area (TPSA) is 85.1 Å². The van der Waals surface area contributed by atoms with Crippen LogP contribution in [0.25, 0.3) is 0 Å². The minimum atomic E-state index is -0.621. The molecule has 0 aliphatic heterocycles. The first kappa shape index (κ1) is 22.5. The number of amides is 1. The highest BCUT2D eigenvalue weighted by Gasteiger charge is 2.31. The monoisotopic (exact) mass is 402 g/mol. The van der Waals surface area contributed by atoms with E-state index >= 15 is 0 Å². The summed E-state index contributed by atoms with van der Waals surface area (Å²) in [5, 5.41) is 14.4. The maximum absolute atomic E-state index is 12.0. The molecule has 8 nitrogen and oxygen atoms in total. The third kappa shape index (κ3) is 6.12. The van der Waals surface area contributed by atoms with Crippen LogP contribution in [0.2, 0.25) is 0 Å². The molecule has 1 fully saturated rings. The quantitative estimate of drug-likeness (QED) is 0.423. The van der Waals surface area contributed by atoms with Crippen LogP contribution in [0.15, 0.2) is 39.6 Å². The van der Waals surface area contributed by atoms with Gasteiger partial charge in [-0.2, -0.15) is 15.3 Å². The lowest BCUT2D eigenvalue weighted by molar-refractivity contribution is 0.115. The SMILES string of the molecule is CCCC(=N\OCC)/C(=N/N=C(\C)c1ccccc1N(OC)C(=O)OC)C1CC1. The van der Waals surface area contributed by atoms with Crippen LogP contribution in [0.5, 0.6) is 0 Å². The van der Waals surface area contributed by atoms with E-state index in [0.29, 0.717) is 23.9 Å². The lowest BCUT2D eigenvalue weighted by Crippen LogP contribution is -2.30. The van der Waals surface area contributed by atoms with E-state index in [9.17, 15) is 4.79 Å². The molecule has 8 heteroatoms. The van der Waals surface area contributed by atoms with Crippen molar-refractivity contribution in [1.82, 2.24) is 0 Å². The van der Waals surface area contributed by atoms with Gasteiger partial charge < -0.3 is 9.57 Å². The van der Waals surface area contributed by atoms with Gasteiger partial charge in [-0.15, -0.1) is 0 Å². The first-order chi connectivity index (χ1) is 14.1. The molecule has 1 saturated carbocycles. The Balaban J connectivity index is 2.40. The van der Waals surface area contributed by atoms with E-state index in [1.165, 1.54) is 14.2 Å². The smallest absolute Gasteiger partial charge is 0.438 e. The first-order valence-electron chi connectivity index (χ1n) is 9.90. The molecule has 0 radical (unpaired) electrons. The standard InChI is InChI=1S/C21H30N4O4/c1-6-10-18(24-29-7-2)20(16-13-14-16)23-22-15(3)17-11-8-9-12-19(17)25(28-5)21(26)27-4/h8-9,11-12,16H,6-7,10,13-14H2,1-5H3/b22-15+,23-20+,24-18+. The highest BCUT2D eigenvalue weighted by Crippen LogP contribution is 2.32. The molecule has 1 amide bonds. The molecule has 1 aliphatic carbocycles. The van der Waals surface area contributed by atoms with Crippen LogP contribution in [-0.2, 0) is 14.4 Å². The minimum absolute atomic E-state index is 0.373. The predicted molar refractivity (Wildman–Crippen MR) is 115 cm³/mol. The molecule has 0 spiro atoms. The van der Waals surface area contributed by atoms with Crippen molar-refractivity contribution in [3.63, 3.8) is 0 Å². The van der Waals surface area contributed by atoms with Gasteiger partial charge in [0, 0.05) is 11.5 Å². The van der Waals surface area contributed by atoms with Crippen LogP contribution in [0.1, 0.15) is 52.0 Å². The summed E-state index contributed by atoms with van der Waals surface area (Å²) in [6.45, 7) is 6.37. The average molecular weight is 402 g/mol. The number of hydrogen-bond donors (Lipinski definition) is 0. The van der Waals surface area contributed by atoms with Crippen molar-refractivity contribution in [3.8, 4) is 0 Å². The molecule has 0 unspecified atom stereocenters. The van der Waals surface area contributed by atoms with Crippen LogP contribution in [0, 0.1) is 5.92 Å². The summed E-state index contributed by atoms with van der Waals surface area (Å²) in [4.78, 5) is 22.5. The molecule has 0 heterocycles. The summed E-state index contributed by atoms with van der Waals surface area (Å²) >= 11 is 0. The number of nitrogens with zero attached hydrogens (tertiary/aromatic N) is 4. The number of methoxy groups -OCH3 is 1. The number of rotatable bonds is 10. The van der Waals surface area contributed by atoms with Gasteiger partial charge in [-0.25, -0.2) is 4.79 Å². The van der Waals surface area contributed by atoms with Crippen molar-refractivity contribution >= 4 is 28.9 Å². The number of anilines is 1. The van der Waals surface area contributed by atoms with Crippen molar-refractivity contribution in [2.75, 3.05) is 25.9 Å². The van der Waals surface area contributed by atoms with Crippen LogP contribution < -0.4 is 5.06 Å². The number of carbonyl (C=O) groups excluding carboxylic acids is 1. The zero-order chi connectivity index (χ0) is 21.2. The fourth-order valence-corrected chi connectivity index (χ4v) is 2.83. The van der Waals surface area contributed by atoms with Crippen LogP contribution in [0.4, 0.5) is 10.5 Å². The summed E-state index contributed by atoms with van der Waals surface area (Å²) in [5.41, 5.74) is 3.64. The van der Waals surface area contributed by atoms with E-state index in [4.69, 9.17) is 14.4 Å². The number of benzene rings is 1. The van der Waals surface area contributed by atoms with Gasteiger partial charge in [-0.3, -0.25) is 4.84 Å². The Morgan fingerprint density at radius 1 is 1.17 bits per heavy atom. The molecule has 0 atom stereocenters. The third-order valence-electron chi connectivity index (χ3n) is 4.39. The van der Waals surface area contributed by atoms with Gasteiger partial charge >= 0.3 is 6.09 Å². The predicted octanol–water partition coefficient (Wildman–Crippen LogP) is 4.59. The zero-order valence-corrected chi connectivity index (χ0v) is 17.8. The van der Waals surface area contributed by atoms with Gasteiger partial charge in [0.2, 0.25) is 0 Å². The number of ether oxygens (including phenoxy) is 1. The normalized spacial score (nSPS) is 15.3. The number of hydrogen-bond acceptors (Lipinski definition) is 7. The molecule has 29 heavy (non-hydrogen) atoms. The molecule has 2 rings (SSSR count). The highest BCUT2D eigenvalue weighted by molar-refractivity contribution is 6.43.